The van der Waals surface area contributed by atoms with E-state index in [-0.39, 0.29) is 12.0 Å². The van der Waals surface area contributed by atoms with Crippen molar-refractivity contribution in [3.05, 3.63) is 29.6 Å². The number of ether oxygens (including phenoxy) is 1. The van der Waals surface area contributed by atoms with Crippen molar-refractivity contribution in [2.24, 2.45) is 5.73 Å². The van der Waals surface area contributed by atoms with E-state index >= 15 is 0 Å². The fraction of sp³-hybridized carbons (Fsp3) is 0.333. The average molecular weight is 180 g/mol. The van der Waals surface area contributed by atoms with Crippen LogP contribution in [-0.4, -0.2) is 18.1 Å². The number of carbonyl (C=O) groups excluding carboxylic acids is 1. The highest BCUT2D eigenvalue weighted by atomic mass is 16.5. The summed E-state index contributed by atoms with van der Waals surface area (Å²) < 4.78 is 4.53. The maximum absolute atomic E-state index is 11.0. The van der Waals surface area contributed by atoms with Gasteiger partial charge in [0, 0.05) is 12.2 Å². The number of aromatic nitrogens is 1. The molecule has 0 spiro atoms. The largest absolute Gasteiger partial charge is 0.465 e. The third-order valence-corrected chi connectivity index (χ3v) is 1.67. The molecule has 0 aliphatic heterocycles. The van der Waals surface area contributed by atoms with Gasteiger partial charge >= 0.3 is 5.97 Å². The third kappa shape index (κ3) is 2.26. The van der Waals surface area contributed by atoms with Crippen molar-refractivity contribution in [1.82, 2.24) is 4.98 Å². The lowest BCUT2D eigenvalue weighted by molar-refractivity contribution is 0.0600. The molecule has 0 saturated carbocycles. The Morgan fingerprint density at radius 1 is 1.62 bits per heavy atom. The predicted molar refractivity (Wildman–Crippen MR) is 48.2 cm³/mol. The SMILES string of the molecule is COC(=O)c1ccc([C@@H](C)N)nc1. The van der Waals surface area contributed by atoms with Crippen LogP contribution in [0.4, 0.5) is 0 Å². The lowest BCUT2D eigenvalue weighted by atomic mass is 10.2. The highest BCUT2D eigenvalue weighted by Gasteiger charge is 2.06. The average Bonchev–Trinajstić information content (AvgIpc) is 2.17. The van der Waals surface area contributed by atoms with Gasteiger partial charge in [-0.05, 0) is 19.1 Å². The molecule has 0 saturated heterocycles. The van der Waals surface area contributed by atoms with Crippen molar-refractivity contribution in [3.8, 4) is 0 Å². The summed E-state index contributed by atoms with van der Waals surface area (Å²) in [5, 5.41) is 0. The van der Waals surface area contributed by atoms with E-state index in [0.29, 0.717) is 5.56 Å². The van der Waals surface area contributed by atoms with Crippen LogP contribution < -0.4 is 5.73 Å². The maximum atomic E-state index is 11.0. The van der Waals surface area contributed by atoms with E-state index in [1.165, 1.54) is 13.3 Å². The summed E-state index contributed by atoms with van der Waals surface area (Å²) in [7, 11) is 1.34. The van der Waals surface area contributed by atoms with E-state index in [1.54, 1.807) is 12.1 Å². The number of hydrogen-bond donors (Lipinski definition) is 1. The van der Waals surface area contributed by atoms with Crippen molar-refractivity contribution < 1.29 is 9.53 Å². The van der Waals surface area contributed by atoms with E-state index < -0.39 is 0 Å². The summed E-state index contributed by atoms with van der Waals surface area (Å²) in [6, 6.07) is 3.25. The highest BCUT2D eigenvalue weighted by molar-refractivity contribution is 5.88. The second-order valence-electron chi connectivity index (χ2n) is 2.75. The van der Waals surface area contributed by atoms with Gasteiger partial charge in [0.05, 0.1) is 18.4 Å². The van der Waals surface area contributed by atoms with Gasteiger partial charge in [0.1, 0.15) is 0 Å². The van der Waals surface area contributed by atoms with Gasteiger partial charge < -0.3 is 10.5 Å². The summed E-state index contributed by atoms with van der Waals surface area (Å²) in [5.74, 6) is -0.385. The Balaban J connectivity index is 2.87. The Morgan fingerprint density at radius 2 is 2.31 bits per heavy atom. The summed E-state index contributed by atoms with van der Waals surface area (Å²) >= 11 is 0. The molecule has 0 unspecified atom stereocenters. The van der Waals surface area contributed by atoms with Gasteiger partial charge in [0.2, 0.25) is 0 Å². The number of methoxy groups -OCH3 is 1. The minimum atomic E-state index is -0.385. The highest BCUT2D eigenvalue weighted by Crippen LogP contribution is 2.07. The molecule has 1 heterocycles. The van der Waals surface area contributed by atoms with Crippen LogP contribution >= 0.6 is 0 Å². The zero-order valence-electron chi connectivity index (χ0n) is 7.65. The minimum absolute atomic E-state index is 0.119. The molecule has 0 aliphatic carbocycles. The molecule has 1 aromatic rings. The van der Waals surface area contributed by atoms with Crippen LogP contribution in [0.25, 0.3) is 0 Å². The molecule has 13 heavy (non-hydrogen) atoms. The monoisotopic (exact) mass is 180 g/mol. The number of esters is 1. The first-order valence-corrected chi connectivity index (χ1v) is 3.95. The molecule has 0 amide bonds. The molecule has 0 fully saturated rings. The summed E-state index contributed by atoms with van der Waals surface area (Å²) in [4.78, 5) is 15.0. The molecular weight excluding hydrogens is 168 g/mol. The zero-order chi connectivity index (χ0) is 9.84. The van der Waals surface area contributed by atoms with Gasteiger partial charge in [0.15, 0.2) is 0 Å². The molecule has 0 aromatic carbocycles. The minimum Gasteiger partial charge on any atom is -0.465 e. The van der Waals surface area contributed by atoms with Crippen molar-refractivity contribution in [1.29, 1.82) is 0 Å². The second kappa shape index (κ2) is 4.00. The number of carbonyl (C=O) groups is 1. The van der Waals surface area contributed by atoms with Crippen molar-refractivity contribution >= 4 is 5.97 Å². The lowest BCUT2D eigenvalue weighted by Gasteiger charge is -2.04. The Hall–Kier alpha value is -1.42. The van der Waals surface area contributed by atoms with Crippen molar-refractivity contribution in [2.45, 2.75) is 13.0 Å². The number of rotatable bonds is 2. The fourth-order valence-electron chi connectivity index (χ4n) is 0.913. The van der Waals surface area contributed by atoms with Gasteiger partial charge in [-0.2, -0.15) is 0 Å². The van der Waals surface area contributed by atoms with Gasteiger partial charge in [-0.25, -0.2) is 4.79 Å². The lowest BCUT2D eigenvalue weighted by Crippen LogP contribution is -2.08. The first kappa shape index (κ1) is 9.67. The zero-order valence-corrected chi connectivity index (χ0v) is 7.65. The number of pyridine rings is 1. The molecule has 4 heteroatoms. The molecule has 0 radical (unpaired) electrons. The quantitative estimate of drug-likeness (QED) is 0.686. The second-order valence-corrected chi connectivity index (χ2v) is 2.75. The van der Waals surface area contributed by atoms with Crippen LogP contribution in [0.15, 0.2) is 18.3 Å². The summed E-state index contributed by atoms with van der Waals surface area (Å²) in [6.07, 6.45) is 1.46. The van der Waals surface area contributed by atoms with Crippen molar-refractivity contribution in [3.63, 3.8) is 0 Å². The molecule has 1 rings (SSSR count). The number of nitrogens with two attached hydrogens (primary N) is 1. The smallest absolute Gasteiger partial charge is 0.339 e. The first-order chi connectivity index (χ1) is 6.15. The van der Waals surface area contributed by atoms with Crippen LogP contribution in [0.3, 0.4) is 0 Å². The molecular formula is C9H12N2O2. The van der Waals surface area contributed by atoms with Gasteiger partial charge in [-0.1, -0.05) is 0 Å². The molecule has 4 nitrogen and oxygen atoms in total. The standard InChI is InChI=1S/C9H12N2O2/c1-6(10)8-4-3-7(5-11-8)9(12)13-2/h3-6H,10H2,1-2H3/t6-/m1/s1. The van der Waals surface area contributed by atoms with E-state index in [0.717, 1.165) is 5.69 Å². The Bertz CT molecular complexity index is 293. The molecule has 1 atom stereocenters. The van der Waals surface area contributed by atoms with E-state index in [2.05, 4.69) is 9.72 Å². The fourth-order valence-corrected chi connectivity index (χ4v) is 0.913. The molecule has 0 aliphatic rings. The Labute approximate surface area is 76.7 Å². The molecule has 0 bridgehead atoms. The van der Waals surface area contributed by atoms with Gasteiger partial charge in [-0.15, -0.1) is 0 Å². The number of hydrogen-bond acceptors (Lipinski definition) is 4. The predicted octanol–water partition coefficient (Wildman–Crippen LogP) is 0.888. The summed E-state index contributed by atoms with van der Waals surface area (Å²) in [5.41, 5.74) is 6.79. The number of nitrogens with zero attached hydrogens (tertiary/aromatic N) is 1. The van der Waals surface area contributed by atoms with E-state index in [9.17, 15) is 4.79 Å². The third-order valence-electron chi connectivity index (χ3n) is 1.67. The molecule has 1 aromatic heterocycles. The van der Waals surface area contributed by atoms with Crippen LogP contribution in [0.1, 0.15) is 29.0 Å². The van der Waals surface area contributed by atoms with Crippen LogP contribution in [0.5, 0.6) is 0 Å². The van der Waals surface area contributed by atoms with Gasteiger partial charge in [-0.3, -0.25) is 4.98 Å². The maximum Gasteiger partial charge on any atom is 0.339 e. The molecule has 70 valence electrons. The van der Waals surface area contributed by atoms with Crippen molar-refractivity contribution in [2.75, 3.05) is 7.11 Å². The molecule has 2 N–H and O–H groups in total. The topological polar surface area (TPSA) is 65.2 Å². The Kier molecular flexibility index (Phi) is 2.97. The first-order valence-electron chi connectivity index (χ1n) is 3.95. The normalized spacial score (nSPS) is 12.2. The van der Waals surface area contributed by atoms with Crippen LogP contribution in [0.2, 0.25) is 0 Å². The van der Waals surface area contributed by atoms with Crippen LogP contribution in [-0.2, 0) is 4.74 Å². The van der Waals surface area contributed by atoms with E-state index in [4.69, 9.17) is 5.73 Å². The van der Waals surface area contributed by atoms with E-state index in [1.807, 2.05) is 6.92 Å². The Morgan fingerprint density at radius 3 is 2.69 bits per heavy atom. The summed E-state index contributed by atoms with van der Waals surface area (Å²) in [6.45, 7) is 1.83. The van der Waals surface area contributed by atoms with Gasteiger partial charge in [0.25, 0.3) is 0 Å². The van der Waals surface area contributed by atoms with Crippen LogP contribution in [0, 0.1) is 0 Å².